The second kappa shape index (κ2) is 15.6. The fourth-order valence-electron chi connectivity index (χ4n) is 4.79. The summed E-state index contributed by atoms with van der Waals surface area (Å²) in [5.41, 5.74) is 6.11. The summed E-state index contributed by atoms with van der Waals surface area (Å²) in [4.78, 5) is 16.6. The smallest absolute Gasteiger partial charge is 0.307 e. The highest BCUT2D eigenvalue weighted by molar-refractivity contribution is 6.74. The first kappa shape index (κ1) is 34.9. The molecule has 2 aromatic heterocycles. The number of ether oxygens (including phenoxy) is 2. The predicted octanol–water partition coefficient (Wildman–Crippen LogP) is 8.70. The van der Waals surface area contributed by atoms with Crippen LogP contribution in [0.15, 0.2) is 73.1 Å². The number of aromatic nitrogens is 3. The number of hydrogen-bond acceptors (Lipinski definition) is 7. The summed E-state index contributed by atoms with van der Waals surface area (Å²) in [6.45, 7) is 19.8. The number of esters is 1. The average Bonchev–Trinajstić information content (AvgIpc) is 3.39. The van der Waals surface area contributed by atoms with Crippen molar-refractivity contribution in [2.24, 2.45) is 0 Å². The lowest BCUT2D eigenvalue weighted by Gasteiger charge is -2.36. The van der Waals surface area contributed by atoms with Crippen LogP contribution < -0.4 is 10.1 Å². The first-order chi connectivity index (χ1) is 21.9. The molecule has 0 spiro atoms. The molecule has 46 heavy (non-hydrogen) atoms. The van der Waals surface area contributed by atoms with Gasteiger partial charge >= 0.3 is 5.97 Å². The number of hydrogen-bond donors (Lipinski definition) is 1. The van der Waals surface area contributed by atoms with Gasteiger partial charge in [-0.2, -0.15) is 5.10 Å². The van der Waals surface area contributed by atoms with Gasteiger partial charge < -0.3 is 19.2 Å². The van der Waals surface area contributed by atoms with Gasteiger partial charge in [-0.25, -0.2) is 4.68 Å². The van der Waals surface area contributed by atoms with Gasteiger partial charge in [-0.1, -0.05) is 71.0 Å². The quantitative estimate of drug-likeness (QED) is 0.0788. The highest BCUT2D eigenvalue weighted by Gasteiger charge is 2.37. The number of nitrogens with zero attached hydrogens (tertiary/aromatic N) is 3. The van der Waals surface area contributed by atoms with E-state index in [0.29, 0.717) is 38.8 Å². The second-order valence-electron chi connectivity index (χ2n) is 13.3. The zero-order chi connectivity index (χ0) is 33.3. The number of nitrogens with one attached hydrogen (secondary N) is 1. The highest BCUT2D eigenvalue weighted by Crippen LogP contribution is 2.39. The first-order valence-electron chi connectivity index (χ1n) is 16.3. The number of anilines is 1. The molecule has 0 aliphatic heterocycles. The van der Waals surface area contributed by atoms with E-state index < -0.39 is 8.32 Å². The van der Waals surface area contributed by atoms with Gasteiger partial charge in [0.25, 0.3) is 0 Å². The Morgan fingerprint density at radius 1 is 0.957 bits per heavy atom. The van der Waals surface area contributed by atoms with Crippen LogP contribution in [0.4, 0.5) is 5.82 Å². The molecular weight excluding hydrogens is 593 g/mol. The number of carbonyl (C=O) groups excluding carboxylic acids is 1. The van der Waals surface area contributed by atoms with E-state index in [2.05, 4.69) is 94.4 Å². The number of aryl methyl sites for hydroxylation is 1. The maximum atomic E-state index is 12.4. The van der Waals surface area contributed by atoms with Gasteiger partial charge in [0, 0.05) is 24.5 Å². The summed E-state index contributed by atoms with van der Waals surface area (Å²) in [6.07, 6.45) is 3.74. The Morgan fingerprint density at radius 2 is 1.63 bits per heavy atom. The summed E-state index contributed by atoms with van der Waals surface area (Å²) in [5.74, 6) is 1.86. The highest BCUT2D eigenvalue weighted by atomic mass is 28.4. The van der Waals surface area contributed by atoms with Crippen molar-refractivity contribution in [3.63, 3.8) is 0 Å². The lowest BCUT2D eigenvalue weighted by Crippen LogP contribution is -2.41. The van der Waals surface area contributed by atoms with E-state index in [1.165, 1.54) is 5.56 Å². The Hall–Kier alpha value is -3.95. The Balaban J connectivity index is 1.63. The summed E-state index contributed by atoms with van der Waals surface area (Å²) in [6, 6.07) is 20.6. The maximum Gasteiger partial charge on any atom is 0.307 e. The molecular formula is C37H50N4O4Si. The number of carbonyl (C=O) groups is 1. The predicted molar refractivity (Wildman–Crippen MR) is 189 cm³/mol. The normalized spacial score (nSPS) is 11.9. The number of pyridine rings is 1. The van der Waals surface area contributed by atoms with Crippen molar-refractivity contribution >= 4 is 20.1 Å². The minimum atomic E-state index is -1.91. The molecule has 2 aromatic carbocycles. The third-order valence-electron chi connectivity index (χ3n) is 8.60. The van der Waals surface area contributed by atoms with Crippen molar-refractivity contribution in [3.8, 4) is 28.1 Å². The monoisotopic (exact) mass is 642 g/mol. The summed E-state index contributed by atoms with van der Waals surface area (Å²) in [7, 11) is -1.91. The minimum Gasteiger partial charge on any atom is -0.489 e. The van der Waals surface area contributed by atoms with E-state index >= 15 is 0 Å². The Labute approximate surface area is 275 Å². The van der Waals surface area contributed by atoms with E-state index in [-0.39, 0.29) is 17.4 Å². The zero-order valence-electron chi connectivity index (χ0n) is 28.7. The molecule has 0 amide bonds. The van der Waals surface area contributed by atoms with Crippen LogP contribution in [-0.2, 0) is 27.1 Å². The van der Waals surface area contributed by atoms with Crippen LogP contribution >= 0.6 is 0 Å². The summed E-state index contributed by atoms with van der Waals surface area (Å²) >= 11 is 0. The Morgan fingerprint density at radius 3 is 2.24 bits per heavy atom. The van der Waals surface area contributed by atoms with Gasteiger partial charge in [-0.3, -0.25) is 9.78 Å². The van der Waals surface area contributed by atoms with Gasteiger partial charge in [0.2, 0.25) is 0 Å². The third kappa shape index (κ3) is 9.07. The zero-order valence-corrected chi connectivity index (χ0v) is 29.7. The number of benzene rings is 2. The summed E-state index contributed by atoms with van der Waals surface area (Å²) in [5, 5.41) is 8.77. The molecule has 0 unspecified atom stereocenters. The molecule has 0 saturated carbocycles. The van der Waals surface area contributed by atoms with Crippen molar-refractivity contribution in [3.05, 3.63) is 84.2 Å². The first-order valence-corrected chi connectivity index (χ1v) is 19.2. The Bertz CT molecular complexity index is 1540. The molecule has 0 fully saturated rings. The summed E-state index contributed by atoms with van der Waals surface area (Å²) < 4.78 is 19.7. The van der Waals surface area contributed by atoms with Crippen molar-refractivity contribution in [2.45, 2.75) is 85.2 Å². The second-order valence-corrected chi connectivity index (χ2v) is 18.1. The molecule has 0 aliphatic rings. The molecule has 2 heterocycles. The molecule has 246 valence electrons. The molecule has 8 nitrogen and oxygen atoms in total. The lowest BCUT2D eigenvalue weighted by atomic mass is 10.0. The van der Waals surface area contributed by atoms with Crippen molar-refractivity contribution < 1.29 is 18.7 Å². The number of rotatable bonds is 15. The standard InChI is InChI=1S/C37H50N4O4Si/c1-9-43-33(42)20-24-41-36(39-23-25-45-46(7,8)37(4,5)6)34(35(40-41)31-18-21-38-22-19-31)30-14-16-32(17-15-30)44-26-28-10-12-29(13-11-28)27(2)3/h10-19,21-22,27,39H,9,20,23-26H2,1-8H3. The van der Waals surface area contributed by atoms with E-state index in [0.717, 1.165) is 39.5 Å². The van der Waals surface area contributed by atoms with E-state index in [1.807, 2.05) is 35.9 Å². The third-order valence-corrected chi connectivity index (χ3v) is 13.1. The van der Waals surface area contributed by atoms with Crippen molar-refractivity contribution in [2.75, 3.05) is 25.1 Å². The molecule has 4 rings (SSSR count). The van der Waals surface area contributed by atoms with Crippen LogP contribution in [0.1, 0.15) is 65.0 Å². The van der Waals surface area contributed by atoms with Gasteiger partial charge in [-0.15, -0.1) is 0 Å². The maximum absolute atomic E-state index is 12.4. The van der Waals surface area contributed by atoms with Gasteiger partial charge in [0.15, 0.2) is 8.32 Å². The van der Waals surface area contributed by atoms with Gasteiger partial charge in [-0.05, 0) is 71.9 Å². The van der Waals surface area contributed by atoms with Crippen LogP contribution in [0.2, 0.25) is 18.1 Å². The fourth-order valence-corrected chi connectivity index (χ4v) is 5.84. The molecule has 1 N–H and O–H groups in total. The topological polar surface area (TPSA) is 87.5 Å². The van der Waals surface area contributed by atoms with E-state index in [9.17, 15) is 4.79 Å². The Kier molecular flexibility index (Phi) is 11.8. The SMILES string of the molecule is CCOC(=O)CCn1nc(-c2ccncc2)c(-c2ccc(OCc3ccc(C(C)C)cc3)cc2)c1NCCO[Si](C)(C)C(C)(C)C. The van der Waals surface area contributed by atoms with Crippen LogP contribution in [0.5, 0.6) is 5.75 Å². The van der Waals surface area contributed by atoms with Crippen molar-refractivity contribution in [1.29, 1.82) is 0 Å². The van der Waals surface area contributed by atoms with Crippen LogP contribution in [0, 0.1) is 0 Å². The van der Waals surface area contributed by atoms with Crippen LogP contribution in [0.25, 0.3) is 22.4 Å². The van der Waals surface area contributed by atoms with E-state index in [1.54, 1.807) is 12.4 Å². The molecule has 9 heteroatoms. The minimum absolute atomic E-state index is 0.120. The van der Waals surface area contributed by atoms with Crippen molar-refractivity contribution in [1.82, 2.24) is 14.8 Å². The molecule has 0 saturated heterocycles. The molecule has 0 aliphatic carbocycles. The average molecular weight is 643 g/mol. The van der Waals surface area contributed by atoms with Crippen LogP contribution in [-0.4, -0.2) is 48.8 Å². The fraction of sp³-hybridized carbons (Fsp3) is 0.432. The molecule has 0 atom stereocenters. The largest absolute Gasteiger partial charge is 0.489 e. The van der Waals surface area contributed by atoms with Crippen LogP contribution in [0.3, 0.4) is 0 Å². The van der Waals surface area contributed by atoms with E-state index in [4.69, 9.17) is 19.0 Å². The lowest BCUT2D eigenvalue weighted by molar-refractivity contribution is -0.143. The molecule has 4 aromatic rings. The molecule has 0 radical (unpaired) electrons. The molecule has 0 bridgehead atoms. The van der Waals surface area contributed by atoms with Gasteiger partial charge in [0.1, 0.15) is 23.9 Å². The van der Waals surface area contributed by atoms with Gasteiger partial charge in [0.05, 0.1) is 31.7 Å².